The minimum absolute atomic E-state index is 0.268. The molecule has 0 bridgehead atoms. The van der Waals surface area contributed by atoms with Gasteiger partial charge in [0.15, 0.2) is 0 Å². The van der Waals surface area contributed by atoms with E-state index < -0.39 is 35.8 Å². The topological polar surface area (TPSA) is 217 Å². The summed E-state index contributed by atoms with van der Waals surface area (Å²) in [6.45, 7) is 0.777. The Morgan fingerprint density at radius 1 is 0.545 bits per heavy atom. The van der Waals surface area contributed by atoms with E-state index in [0.29, 0.717) is 47.0 Å². The lowest BCUT2D eigenvalue weighted by Gasteiger charge is -2.16. The molecule has 5 aromatic heterocycles. The van der Waals surface area contributed by atoms with Gasteiger partial charge in [-0.15, -0.1) is 10.2 Å². The fraction of sp³-hybridized carbons (Fsp3) is 0.163. The van der Waals surface area contributed by atoms with Gasteiger partial charge in [-0.1, -0.05) is 77.2 Å². The molecule has 0 saturated carbocycles. The molecule has 2 amide bonds. The van der Waals surface area contributed by atoms with E-state index >= 15 is 0 Å². The molecule has 0 saturated heterocycles. The van der Waals surface area contributed by atoms with Crippen LogP contribution in [0.5, 0.6) is 0 Å². The summed E-state index contributed by atoms with van der Waals surface area (Å²) < 4.78 is 13.4. The molecule has 9 aromatic rings. The Labute approximate surface area is 377 Å². The molecule has 5 heterocycles. The average Bonchev–Trinajstić information content (AvgIpc) is 4.19. The summed E-state index contributed by atoms with van der Waals surface area (Å²) >= 11 is 0. The third-order valence-corrected chi connectivity index (χ3v) is 11.3. The molecule has 0 spiro atoms. The number of carbonyl (C=O) groups excluding carboxylic acids is 4. The van der Waals surface area contributed by atoms with Crippen molar-refractivity contribution in [1.29, 1.82) is 0 Å². The predicted octanol–water partition coefficient (Wildman–Crippen LogP) is 5.69. The first-order chi connectivity index (χ1) is 32.2. The number of hydrogen-bond acceptors (Lipinski definition) is 11. The van der Waals surface area contributed by atoms with Gasteiger partial charge in [-0.2, -0.15) is 0 Å². The normalized spacial score (nSPS) is 12.2. The smallest absolute Gasteiger partial charge is 0.328 e. The van der Waals surface area contributed by atoms with Crippen LogP contribution in [0.25, 0.3) is 44.6 Å². The molecule has 9 rings (SSSR count). The van der Waals surface area contributed by atoms with Crippen LogP contribution >= 0.6 is 0 Å². The van der Waals surface area contributed by atoms with Crippen LogP contribution in [0.15, 0.2) is 140 Å². The van der Waals surface area contributed by atoms with Gasteiger partial charge in [0, 0.05) is 58.2 Å². The molecule has 0 unspecified atom stereocenters. The number of carbonyl (C=O) groups is 4. The van der Waals surface area contributed by atoms with Gasteiger partial charge in [0.05, 0.1) is 51.1 Å². The molecule has 0 radical (unpaired) electrons. The monoisotopic (exact) mass is 881 g/mol. The van der Waals surface area contributed by atoms with Crippen LogP contribution in [-0.4, -0.2) is 95.0 Å². The number of aromatic nitrogens is 9. The van der Waals surface area contributed by atoms with Gasteiger partial charge in [0.2, 0.25) is 0 Å². The van der Waals surface area contributed by atoms with Crippen LogP contribution in [0.3, 0.4) is 0 Å². The van der Waals surface area contributed by atoms with Crippen molar-refractivity contribution >= 4 is 45.6 Å². The lowest BCUT2D eigenvalue weighted by Crippen LogP contribution is -2.43. The Morgan fingerprint density at radius 2 is 0.970 bits per heavy atom. The Hall–Kier alpha value is -8.73. The van der Waals surface area contributed by atoms with Crippen molar-refractivity contribution in [3.05, 3.63) is 173 Å². The number of methoxy groups -OCH3 is 2. The number of amides is 2. The number of benzene rings is 4. The van der Waals surface area contributed by atoms with Crippen LogP contribution in [0.1, 0.15) is 43.0 Å². The molecule has 0 fully saturated rings. The molecule has 0 aliphatic heterocycles. The Balaban J connectivity index is 0.793. The molecular weight excluding hydrogens is 839 g/mol. The maximum Gasteiger partial charge on any atom is 0.328 e. The lowest BCUT2D eigenvalue weighted by molar-refractivity contribution is -0.143. The van der Waals surface area contributed by atoms with E-state index in [0.717, 1.165) is 44.1 Å². The highest BCUT2D eigenvalue weighted by Gasteiger charge is 2.25. The summed E-state index contributed by atoms with van der Waals surface area (Å²) in [7, 11) is 2.60. The summed E-state index contributed by atoms with van der Waals surface area (Å²) in [5.41, 5.74) is 8.54. The molecule has 17 nitrogen and oxygen atoms in total. The van der Waals surface area contributed by atoms with E-state index in [2.05, 4.69) is 41.2 Å². The van der Waals surface area contributed by atoms with Crippen LogP contribution in [0, 0.1) is 0 Å². The molecule has 4 N–H and O–H groups in total. The number of nitrogens with one attached hydrogen (secondary N) is 4. The van der Waals surface area contributed by atoms with Crippen molar-refractivity contribution in [2.45, 2.75) is 38.0 Å². The SMILES string of the molecule is COC(=O)[C@H](Cc1c[nH]c2ccccc12)NC(=O)c1ccc(Cn2cc(-c3cccc(-c4cn(Cc5ccc(C(=O)N[C@@H](Cc6c[nH]c7ccccc67)C(=O)OC)cc5)nn4)n3)nn2)cc1. The van der Waals surface area contributed by atoms with Gasteiger partial charge in [-0.05, 0) is 70.8 Å². The van der Waals surface area contributed by atoms with E-state index in [1.165, 1.54) is 14.2 Å². The second kappa shape index (κ2) is 18.9. The Bertz CT molecular complexity index is 2980. The second-order valence-corrected chi connectivity index (χ2v) is 15.6. The first-order valence-electron chi connectivity index (χ1n) is 21.0. The molecule has 2 atom stereocenters. The van der Waals surface area contributed by atoms with Gasteiger partial charge in [0.25, 0.3) is 11.8 Å². The van der Waals surface area contributed by atoms with Gasteiger partial charge in [-0.25, -0.2) is 23.9 Å². The fourth-order valence-electron chi connectivity index (χ4n) is 7.80. The number of rotatable bonds is 16. The van der Waals surface area contributed by atoms with Crippen molar-refractivity contribution in [3.63, 3.8) is 0 Å². The van der Waals surface area contributed by atoms with Crippen LogP contribution in [0.2, 0.25) is 0 Å². The highest BCUT2D eigenvalue weighted by Crippen LogP contribution is 2.23. The molecule has 4 aromatic carbocycles. The lowest BCUT2D eigenvalue weighted by atomic mass is 10.0. The summed E-state index contributed by atoms with van der Waals surface area (Å²) in [4.78, 5) is 63.1. The van der Waals surface area contributed by atoms with Crippen molar-refractivity contribution < 1.29 is 28.7 Å². The molecule has 17 heteroatoms. The van der Waals surface area contributed by atoms with E-state index in [1.807, 2.05) is 103 Å². The van der Waals surface area contributed by atoms with Gasteiger partial charge < -0.3 is 30.1 Å². The van der Waals surface area contributed by atoms with Crippen LogP contribution in [-0.2, 0) is 45.0 Å². The minimum atomic E-state index is -0.875. The highest BCUT2D eigenvalue weighted by atomic mass is 16.5. The number of para-hydroxylation sites is 2. The van der Waals surface area contributed by atoms with E-state index in [9.17, 15) is 19.2 Å². The third-order valence-electron chi connectivity index (χ3n) is 11.3. The zero-order chi connectivity index (χ0) is 45.6. The summed E-state index contributed by atoms with van der Waals surface area (Å²) in [5.74, 6) is -1.86. The standard InChI is InChI=1S/C49H43N11O6/c1-65-48(63)42(22-34-24-50-38-10-5-3-8-36(34)38)53-46(61)32-18-14-30(15-19-32)26-59-28-44(55-57-59)40-12-7-13-41(52-40)45-29-60(58-56-45)27-31-16-20-33(21-17-31)47(62)54-43(49(64)66-2)23-35-25-51-39-11-6-4-9-37(35)39/h3-21,24-25,28-29,42-43,50-51H,22-23,26-27H2,1-2H3,(H,53,61)(H,54,62)/t42-,43-/m0/s1. The number of esters is 2. The third kappa shape index (κ3) is 9.45. The van der Waals surface area contributed by atoms with Crippen LogP contribution in [0.4, 0.5) is 0 Å². The molecule has 0 aliphatic carbocycles. The van der Waals surface area contributed by atoms with Crippen molar-refractivity contribution in [2.75, 3.05) is 14.2 Å². The zero-order valence-electron chi connectivity index (χ0n) is 35.8. The van der Waals surface area contributed by atoms with Gasteiger partial charge >= 0.3 is 11.9 Å². The van der Waals surface area contributed by atoms with Crippen molar-refractivity contribution in [1.82, 2.24) is 55.6 Å². The predicted molar refractivity (Wildman–Crippen MR) is 244 cm³/mol. The average molecular weight is 882 g/mol. The first kappa shape index (κ1) is 42.6. The number of H-pyrrole nitrogens is 2. The first-order valence-corrected chi connectivity index (χ1v) is 21.0. The quantitative estimate of drug-likeness (QED) is 0.0866. The molecule has 330 valence electrons. The Kier molecular flexibility index (Phi) is 12.2. The highest BCUT2D eigenvalue weighted by molar-refractivity contribution is 5.98. The molecule has 66 heavy (non-hydrogen) atoms. The van der Waals surface area contributed by atoms with Gasteiger partial charge in [0.1, 0.15) is 23.5 Å². The summed E-state index contributed by atoms with van der Waals surface area (Å²) in [6, 6.07) is 33.4. The van der Waals surface area contributed by atoms with Crippen molar-refractivity contribution in [2.24, 2.45) is 0 Å². The number of fused-ring (bicyclic) bond motifs is 2. The van der Waals surface area contributed by atoms with Crippen molar-refractivity contribution in [3.8, 4) is 22.8 Å². The zero-order valence-corrected chi connectivity index (χ0v) is 35.8. The van der Waals surface area contributed by atoms with E-state index in [4.69, 9.17) is 14.5 Å². The molecular formula is C49H43N11O6. The number of ether oxygens (including phenoxy) is 2. The number of aromatic amines is 2. The van der Waals surface area contributed by atoms with E-state index in [1.54, 1.807) is 46.0 Å². The molecule has 0 aliphatic rings. The fourth-order valence-corrected chi connectivity index (χ4v) is 7.80. The minimum Gasteiger partial charge on any atom is -0.467 e. The maximum absolute atomic E-state index is 13.3. The van der Waals surface area contributed by atoms with E-state index in [-0.39, 0.29) is 12.8 Å². The summed E-state index contributed by atoms with van der Waals surface area (Å²) in [5, 5.41) is 24.9. The largest absolute Gasteiger partial charge is 0.467 e. The maximum atomic E-state index is 13.3. The summed E-state index contributed by atoms with van der Waals surface area (Å²) in [6.07, 6.45) is 7.80. The Morgan fingerprint density at radius 3 is 1.39 bits per heavy atom. The number of nitrogens with zero attached hydrogens (tertiary/aromatic N) is 7. The van der Waals surface area contributed by atoms with Crippen LogP contribution < -0.4 is 10.6 Å². The second-order valence-electron chi connectivity index (χ2n) is 15.6. The van der Waals surface area contributed by atoms with Gasteiger partial charge in [-0.3, -0.25) is 9.59 Å². The number of hydrogen-bond donors (Lipinski definition) is 4. The number of pyridine rings is 1.